The molecule has 0 aromatic heterocycles. The van der Waals surface area contributed by atoms with Gasteiger partial charge in [0.15, 0.2) is 0 Å². The first-order valence-electron chi connectivity index (χ1n) is 10.3. The fourth-order valence-corrected chi connectivity index (χ4v) is 4.82. The van der Waals surface area contributed by atoms with Crippen LogP contribution in [0.25, 0.3) is 6.08 Å². The van der Waals surface area contributed by atoms with Crippen LogP contribution in [0.15, 0.2) is 41.3 Å². The van der Waals surface area contributed by atoms with Gasteiger partial charge in [-0.05, 0) is 49.2 Å². The van der Waals surface area contributed by atoms with Gasteiger partial charge in [-0.2, -0.15) is 0 Å². The minimum absolute atomic E-state index is 0.262. The van der Waals surface area contributed by atoms with Crippen molar-refractivity contribution in [2.45, 2.75) is 26.3 Å². The Kier molecular flexibility index (Phi) is 6.23. The summed E-state index contributed by atoms with van der Waals surface area (Å²) in [6, 6.07) is 11.7. The van der Waals surface area contributed by atoms with Crippen LogP contribution in [-0.2, 0) is 11.3 Å². The summed E-state index contributed by atoms with van der Waals surface area (Å²) in [5.74, 6) is 1.09. The van der Waals surface area contributed by atoms with Crippen molar-refractivity contribution in [1.82, 2.24) is 4.90 Å². The third-order valence-electron chi connectivity index (χ3n) is 5.56. The first-order valence-corrected chi connectivity index (χ1v) is 11.1. The highest BCUT2D eigenvalue weighted by Crippen LogP contribution is 2.40. The molecule has 2 saturated heterocycles. The molecule has 7 heteroatoms. The number of benzene rings is 2. The third-order valence-corrected chi connectivity index (χ3v) is 6.47. The van der Waals surface area contributed by atoms with Crippen LogP contribution in [0, 0.1) is 6.92 Å². The van der Waals surface area contributed by atoms with Gasteiger partial charge in [-0.25, -0.2) is 0 Å². The lowest BCUT2D eigenvalue weighted by molar-refractivity contribution is -0.123. The fraction of sp³-hybridized carbons (Fsp3) is 0.333. The Balaban J connectivity index is 1.63. The maximum atomic E-state index is 13.0. The second-order valence-electron chi connectivity index (χ2n) is 7.72. The van der Waals surface area contributed by atoms with E-state index in [0.717, 1.165) is 60.3 Å². The molecule has 0 aliphatic carbocycles. The molecular formula is C24H26N2O4S. The molecule has 31 heavy (non-hydrogen) atoms. The number of carbonyl (C=O) groups excluding carboxylic acids is 2. The molecule has 0 bridgehead atoms. The number of thioether (sulfide) groups is 1. The zero-order valence-electron chi connectivity index (χ0n) is 18.0. The van der Waals surface area contributed by atoms with Crippen molar-refractivity contribution in [1.29, 1.82) is 0 Å². The third kappa shape index (κ3) is 4.42. The number of hydrogen-bond acceptors (Lipinski definition) is 6. The van der Waals surface area contributed by atoms with Gasteiger partial charge < -0.3 is 14.4 Å². The molecule has 0 atom stereocenters. The highest BCUT2D eigenvalue weighted by molar-refractivity contribution is 8.18. The Bertz CT molecular complexity index is 1040. The first kappa shape index (κ1) is 21.3. The molecule has 2 amide bonds. The minimum Gasteiger partial charge on any atom is -0.496 e. The summed E-state index contributed by atoms with van der Waals surface area (Å²) in [7, 11) is 3.25. The Hall–Kier alpha value is -2.93. The molecular weight excluding hydrogens is 412 g/mol. The van der Waals surface area contributed by atoms with Crippen molar-refractivity contribution in [2.24, 2.45) is 0 Å². The molecule has 2 aliphatic rings. The molecule has 162 valence electrons. The van der Waals surface area contributed by atoms with E-state index in [-0.39, 0.29) is 17.7 Å². The molecule has 0 unspecified atom stereocenters. The summed E-state index contributed by atoms with van der Waals surface area (Å²) in [6.45, 7) is 4.22. The largest absolute Gasteiger partial charge is 0.496 e. The molecule has 2 aromatic rings. The number of ether oxygens (including phenoxy) is 2. The van der Waals surface area contributed by atoms with Gasteiger partial charge in [0.25, 0.3) is 11.1 Å². The van der Waals surface area contributed by atoms with Crippen LogP contribution in [0.2, 0.25) is 0 Å². The van der Waals surface area contributed by atoms with Gasteiger partial charge in [0, 0.05) is 24.7 Å². The topological polar surface area (TPSA) is 59.1 Å². The highest BCUT2D eigenvalue weighted by Gasteiger charge is 2.35. The normalized spacial score (nSPS) is 17.7. The Morgan fingerprint density at radius 2 is 1.77 bits per heavy atom. The molecule has 6 nitrogen and oxygen atoms in total. The summed E-state index contributed by atoms with van der Waals surface area (Å²) in [5.41, 5.74) is 3.72. The van der Waals surface area contributed by atoms with Crippen LogP contribution >= 0.6 is 11.8 Å². The zero-order chi connectivity index (χ0) is 22.0. The number of aryl methyl sites for hydroxylation is 1. The Morgan fingerprint density at radius 1 is 1.03 bits per heavy atom. The fourth-order valence-electron chi connectivity index (χ4n) is 3.99. The van der Waals surface area contributed by atoms with Crippen molar-refractivity contribution < 1.29 is 19.1 Å². The van der Waals surface area contributed by atoms with E-state index in [0.29, 0.717) is 16.2 Å². The summed E-state index contributed by atoms with van der Waals surface area (Å²) in [4.78, 5) is 29.5. The SMILES string of the molecule is COc1cc(N2CCCC2)c(OC)cc1/C=C1\SC(=O)N(Cc2cccc(C)c2)C1=O. The number of amides is 2. The second-order valence-corrected chi connectivity index (χ2v) is 8.71. The maximum Gasteiger partial charge on any atom is 0.293 e. The van der Waals surface area contributed by atoms with E-state index in [9.17, 15) is 9.59 Å². The average molecular weight is 439 g/mol. The van der Waals surface area contributed by atoms with Crippen LogP contribution in [0.4, 0.5) is 10.5 Å². The molecule has 2 aromatic carbocycles. The number of rotatable bonds is 6. The van der Waals surface area contributed by atoms with Gasteiger partial charge in [-0.3, -0.25) is 14.5 Å². The van der Waals surface area contributed by atoms with Crippen molar-refractivity contribution >= 4 is 34.7 Å². The maximum absolute atomic E-state index is 13.0. The lowest BCUT2D eigenvalue weighted by Crippen LogP contribution is -2.27. The lowest BCUT2D eigenvalue weighted by Gasteiger charge is -2.22. The van der Waals surface area contributed by atoms with E-state index in [1.54, 1.807) is 20.3 Å². The van der Waals surface area contributed by atoms with Gasteiger partial charge >= 0.3 is 0 Å². The summed E-state index contributed by atoms with van der Waals surface area (Å²) < 4.78 is 11.2. The number of nitrogens with zero attached hydrogens (tertiary/aromatic N) is 2. The molecule has 2 fully saturated rings. The number of carbonyl (C=O) groups is 2. The first-order chi connectivity index (χ1) is 15.0. The van der Waals surface area contributed by atoms with Crippen LogP contribution in [0.1, 0.15) is 29.5 Å². The van der Waals surface area contributed by atoms with E-state index in [1.165, 1.54) is 4.90 Å². The molecule has 0 spiro atoms. The standard InChI is InChI=1S/C24H26N2O4S/c1-16-7-6-8-17(11-16)15-26-23(27)22(31-24(26)28)13-18-12-21(30-3)19(14-20(18)29-2)25-9-4-5-10-25/h6-8,11-14H,4-5,9-10,15H2,1-3H3/b22-13-. The van der Waals surface area contributed by atoms with Gasteiger partial charge in [-0.1, -0.05) is 29.8 Å². The van der Waals surface area contributed by atoms with E-state index in [2.05, 4.69) is 4.90 Å². The van der Waals surface area contributed by atoms with Crippen molar-refractivity contribution in [3.63, 3.8) is 0 Å². The van der Waals surface area contributed by atoms with Crippen LogP contribution in [0.5, 0.6) is 11.5 Å². The van der Waals surface area contributed by atoms with Crippen LogP contribution < -0.4 is 14.4 Å². The van der Waals surface area contributed by atoms with Gasteiger partial charge in [0.1, 0.15) is 11.5 Å². The van der Waals surface area contributed by atoms with Gasteiger partial charge in [-0.15, -0.1) is 0 Å². The van der Waals surface area contributed by atoms with Crippen LogP contribution in [-0.4, -0.2) is 43.4 Å². The second kappa shape index (κ2) is 9.06. The van der Waals surface area contributed by atoms with Crippen molar-refractivity contribution in [3.8, 4) is 11.5 Å². The van der Waals surface area contributed by atoms with Crippen molar-refractivity contribution in [2.75, 3.05) is 32.2 Å². The molecule has 2 aliphatic heterocycles. The van der Waals surface area contributed by atoms with Crippen LogP contribution in [0.3, 0.4) is 0 Å². The number of anilines is 1. The van der Waals surface area contributed by atoms with Gasteiger partial charge in [0.2, 0.25) is 0 Å². The molecule has 0 N–H and O–H groups in total. The monoisotopic (exact) mass is 438 g/mol. The van der Waals surface area contributed by atoms with E-state index >= 15 is 0 Å². The van der Waals surface area contributed by atoms with Gasteiger partial charge in [0.05, 0.1) is 31.4 Å². The number of imide groups is 1. The molecule has 4 rings (SSSR count). The van der Waals surface area contributed by atoms with E-state index in [1.807, 2.05) is 43.3 Å². The summed E-state index contributed by atoms with van der Waals surface area (Å²) in [5, 5.41) is -0.266. The number of hydrogen-bond donors (Lipinski definition) is 0. The van der Waals surface area contributed by atoms with E-state index < -0.39 is 0 Å². The Labute approximate surface area is 186 Å². The smallest absolute Gasteiger partial charge is 0.293 e. The van der Waals surface area contributed by atoms with Crippen molar-refractivity contribution in [3.05, 3.63) is 58.0 Å². The quantitative estimate of drug-likeness (QED) is 0.601. The predicted octanol–water partition coefficient (Wildman–Crippen LogP) is 4.85. The summed E-state index contributed by atoms with van der Waals surface area (Å²) in [6.07, 6.45) is 4.03. The highest BCUT2D eigenvalue weighted by atomic mass is 32.2. The minimum atomic E-state index is -0.291. The zero-order valence-corrected chi connectivity index (χ0v) is 18.8. The molecule has 0 saturated carbocycles. The van der Waals surface area contributed by atoms with E-state index in [4.69, 9.17) is 9.47 Å². The predicted molar refractivity (Wildman–Crippen MR) is 124 cm³/mol. The molecule has 2 heterocycles. The summed E-state index contributed by atoms with van der Waals surface area (Å²) >= 11 is 0.954. The molecule has 0 radical (unpaired) electrons. The Morgan fingerprint density at radius 3 is 2.45 bits per heavy atom. The number of methoxy groups -OCH3 is 2. The average Bonchev–Trinajstić information content (AvgIpc) is 3.38. The lowest BCUT2D eigenvalue weighted by atomic mass is 10.1.